The number of anilines is 2. The van der Waals surface area contributed by atoms with Crippen molar-refractivity contribution in [2.75, 3.05) is 10.2 Å². The van der Waals surface area contributed by atoms with Crippen LogP contribution < -0.4 is 10.2 Å². The first kappa shape index (κ1) is 23.1. The number of allylic oxidation sites excluding steroid dienone is 1. The van der Waals surface area contributed by atoms with Gasteiger partial charge in [0.15, 0.2) is 5.78 Å². The lowest BCUT2D eigenvalue weighted by molar-refractivity contribution is -0.116. The quantitative estimate of drug-likeness (QED) is 0.203. The van der Waals surface area contributed by atoms with Gasteiger partial charge in [-0.05, 0) is 53.1 Å². The van der Waals surface area contributed by atoms with Crippen molar-refractivity contribution in [3.8, 4) is 23.5 Å². The molecule has 1 N–H and O–H groups in total. The molecule has 3 aromatic carbocycles. The molecule has 1 aliphatic rings. The monoisotopic (exact) mass is 466 g/mol. The van der Waals surface area contributed by atoms with Crippen molar-refractivity contribution < 1.29 is 9.59 Å². The molecule has 0 radical (unpaired) electrons. The van der Waals surface area contributed by atoms with Crippen LogP contribution in [0.25, 0.3) is 11.1 Å². The summed E-state index contributed by atoms with van der Waals surface area (Å²) < 4.78 is 0. The highest BCUT2D eigenvalue weighted by Crippen LogP contribution is 2.41. The summed E-state index contributed by atoms with van der Waals surface area (Å²) in [6.45, 7) is 4.98. The first-order chi connectivity index (χ1) is 16.4. The summed E-state index contributed by atoms with van der Waals surface area (Å²) in [5.41, 5.74) is 7.69. The highest BCUT2D eigenvalue weighted by atomic mass is 35.5. The number of amides is 1. The number of rotatable bonds is 5. The number of hydrogen-bond acceptors (Lipinski definition) is 3. The summed E-state index contributed by atoms with van der Waals surface area (Å²) in [6.07, 6.45) is 7.70. The fourth-order valence-corrected chi connectivity index (χ4v) is 4.40. The maximum atomic E-state index is 12.5. The second-order valence-corrected chi connectivity index (χ2v) is 8.51. The molecule has 4 nitrogen and oxygen atoms in total. The van der Waals surface area contributed by atoms with Gasteiger partial charge in [0.05, 0.1) is 17.8 Å². The van der Waals surface area contributed by atoms with E-state index in [-0.39, 0.29) is 23.8 Å². The number of fused-ring (bicyclic) bond motifs is 1. The Bertz CT molecular complexity index is 1330. The van der Waals surface area contributed by atoms with E-state index >= 15 is 0 Å². The smallest absolute Gasteiger partial charge is 0.224 e. The third-order valence-electron chi connectivity index (χ3n) is 5.89. The predicted octanol–water partition coefficient (Wildman–Crippen LogP) is 6.44. The van der Waals surface area contributed by atoms with E-state index in [4.69, 9.17) is 18.0 Å². The van der Waals surface area contributed by atoms with E-state index < -0.39 is 0 Å². The van der Waals surface area contributed by atoms with E-state index in [0.717, 1.165) is 28.1 Å². The molecule has 0 saturated heterocycles. The molecule has 34 heavy (non-hydrogen) atoms. The van der Waals surface area contributed by atoms with Gasteiger partial charge in [-0.2, -0.15) is 0 Å². The van der Waals surface area contributed by atoms with Crippen LogP contribution in [0.1, 0.15) is 35.3 Å². The fourth-order valence-electron chi connectivity index (χ4n) is 4.27. The number of ketones is 1. The number of terminal acetylenes is 1. The molecule has 1 heterocycles. The first-order valence-electron chi connectivity index (χ1n) is 10.8. The van der Waals surface area contributed by atoms with Crippen LogP contribution in [0.3, 0.4) is 0 Å². The zero-order chi connectivity index (χ0) is 24.2. The van der Waals surface area contributed by atoms with Gasteiger partial charge < -0.3 is 5.32 Å². The van der Waals surface area contributed by atoms with Crippen molar-refractivity contribution in [2.45, 2.75) is 25.4 Å². The summed E-state index contributed by atoms with van der Waals surface area (Å²) in [6, 6.07) is 20.4. The molecule has 0 fully saturated rings. The molecule has 0 bridgehead atoms. The molecule has 0 spiro atoms. The van der Waals surface area contributed by atoms with E-state index in [1.54, 1.807) is 17.0 Å². The molecule has 0 aromatic heterocycles. The van der Waals surface area contributed by atoms with E-state index in [0.29, 0.717) is 17.0 Å². The van der Waals surface area contributed by atoms with Gasteiger partial charge in [-0.15, -0.1) is 12.2 Å². The maximum Gasteiger partial charge on any atom is 0.224 e. The SMILES string of the molecule is C#CC1CC(Nc2ccc(Cl)cc2)c2cc(-c3ccc(C(=O)C=C=C)cc3)ccc2N1C(C)=O. The van der Waals surface area contributed by atoms with Crippen LogP contribution >= 0.6 is 11.6 Å². The molecule has 0 saturated carbocycles. The molecule has 0 aliphatic carbocycles. The average molecular weight is 467 g/mol. The van der Waals surface area contributed by atoms with Gasteiger partial charge in [-0.1, -0.05) is 54.4 Å². The van der Waals surface area contributed by atoms with Crippen molar-refractivity contribution in [3.05, 3.63) is 101 Å². The van der Waals surface area contributed by atoms with Gasteiger partial charge in [0.1, 0.15) is 0 Å². The van der Waals surface area contributed by atoms with Crippen molar-refractivity contribution in [3.63, 3.8) is 0 Å². The minimum atomic E-state index is -0.358. The topological polar surface area (TPSA) is 49.4 Å². The number of nitrogens with one attached hydrogen (secondary N) is 1. The fraction of sp³-hybridized carbons (Fsp3) is 0.138. The number of halogens is 1. The van der Waals surface area contributed by atoms with Crippen molar-refractivity contribution in [1.82, 2.24) is 0 Å². The lowest BCUT2D eigenvalue weighted by Gasteiger charge is -2.39. The highest BCUT2D eigenvalue weighted by Gasteiger charge is 2.34. The van der Waals surface area contributed by atoms with Crippen LogP contribution in [-0.4, -0.2) is 17.7 Å². The van der Waals surface area contributed by atoms with Crippen LogP contribution in [0.15, 0.2) is 85.1 Å². The summed E-state index contributed by atoms with van der Waals surface area (Å²) in [7, 11) is 0. The number of benzene rings is 3. The minimum Gasteiger partial charge on any atom is -0.378 e. The Hall–Kier alpha value is -4.03. The third-order valence-corrected chi connectivity index (χ3v) is 6.14. The number of carbonyl (C=O) groups is 2. The number of carbonyl (C=O) groups excluding carboxylic acids is 2. The zero-order valence-corrected chi connectivity index (χ0v) is 19.5. The lowest BCUT2D eigenvalue weighted by atomic mass is 9.88. The van der Waals surface area contributed by atoms with E-state index in [1.165, 1.54) is 13.0 Å². The highest BCUT2D eigenvalue weighted by molar-refractivity contribution is 6.30. The summed E-state index contributed by atoms with van der Waals surface area (Å²) in [5, 5.41) is 4.21. The molecule has 5 heteroatoms. The Morgan fingerprint density at radius 2 is 1.76 bits per heavy atom. The van der Waals surface area contributed by atoms with Gasteiger partial charge in [0.25, 0.3) is 0 Å². The summed E-state index contributed by atoms with van der Waals surface area (Å²) in [4.78, 5) is 26.2. The normalized spacial score (nSPS) is 16.6. The molecular weight excluding hydrogens is 444 g/mol. The standard InChI is InChI=1S/C29H23ClN2O2/c1-4-6-29(34)21-9-7-20(8-10-21)22-11-16-28-26(17-22)27(18-25(5-2)32(28)19(3)33)31-24-14-12-23(30)13-15-24/h2,6-17,25,27,31H,1,18H2,3H3. The second kappa shape index (κ2) is 9.85. The van der Waals surface area contributed by atoms with Crippen LogP contribution in [0.2, 0.25) is 5.02 Å². The van der Waals surface area contributed by atoms with E-state index in [9.17, 15) is 9.59 Å². The van der Waals surface area contributed by atoms with Crippen molar-refractivity contribution in [1.29, 1.82) is 0 Å². The van der Waals surface area contributed by atoms with Gasteiger partial charge >= 0.3 is 0 Å². The summed E-state index contributed by atoms with van der Waals surface area (Å²) >= 11 is 6.04. The second-order valence-electron chi connectivity index (χ2n) is 8.07. The van der Waals surface area contributed by atoms with Crippen LogP contribution in [0, 0.1) is 12.3 Å². The molecule has 168 valence electrons. The molecule has 1 aliphatic heterocycles. The molecule has 2 unspecified atom stereocenters. The Kier molecular flexibility index (Phi) is 6.70. The Labute approximate surface area is 204 Å². The van der Waals surface area contributed by atoms with Crippen LogP contribution in [0.5, 0.6) is 0 Å². The molecule has 1 amide bonds. The van der Waals surface area contributed by atoms with E-state index in [2.05, 4.69) is 29.6 Å². The largest absolute Gasteiger partial charge is 0.378 e. The maximum absolute atomic E-state index is 12.5. The van der Waals surface area contributed by atoms with Crippen LogP contribution in [-0.2, 0) is 4.79 Å². The third kappa shape index (κ3) is 4.67. The van der Waals surface area contributed by atoms with Crippen molar-refractivity contribution >= 4 is 34.7 Å². The molecular formula is C29H23ClN2O2. The Balaban J connectivity index is 1.75. The van der Waals surface area contributed by atoms with Gasteiger partial charge in [-0.25, -0.2) is 0 Å². The molecule has 4 rings (SSSR count). The summed E-state index contributed by atoms with van der Waals surface area (Å²) in [5.74, 6) is 2.53. The lowest BCUT2D eigenvalue weighted by Crippen LogP contribution is -2.44. The predicted molar refractivity (Wildman–Crippen MR) is 138 cm³/mol. The molecule has 3 aromatic rings. The van der Waals surface area contributed by atoms with Gasteiger partial charge in [0.2, 0.25) is 5.91 Å². The van der Waals surface area contributed by atoms with Gasteiger partial charge in [-0.3, -0.25) is 14.5 Å². The average Bonchev–Trinajstić information content (AvgIpc) is 2.85. The minimum absolute atomic E-state index is 0.0972. The van der Waals surface area contributed by atoms with Crippen LogP contribution in [0.4, 0.5) is 11.4 Å². The number of nitrogens with zero attached hydrogens (tertiary/aromatic N) is 1. The molecule has 2 atom stereocenters. The Morgan fingerprint density at radius 3 is 2.38 bits per heavy atom. The van der Waals surface area contributed by atoms with E-state index in [1.807, 2.05) is 48.5 Å². The number of hydrogen-bond donors (Lipinski definition) is 1. The Morgan fingerprint density at radius 1 is 1.09 bits per heavy atom. The van der Waals surface area contributed by atoms with Crippen molar-refractivity contribution in [2.24, 2.45) is 0 Å². The van der Waals surface area contributed by atoms with Gasteiger partial charge in [0, 0.05) is 35.7 Å². The zero-order valence-electron chi connectivity index (χ0n) is 18.7. The first-order valence-corrected chi connectivity index (χ1v) is 11.2.